The lowest BCUT2D eigenvalue weighted by Crippen LogP contribution is -2.42. The summed E-state index contributed by atoms with van der Waals surface area (Å²) < 4.78 is 0. The fourth-order valence-corrected chi connectivity index (χ4v) is 1.68. The van der Waals surface area contributed by atoms with Gasteiger partial charge in [-0.15, -0.1) is 0 Å². The summed E-state index contributed by atoms with van der Waals surface area (Å²) in [6.07, 6.45) is 4.58. The van der Waals surface area contributed by atoms with Crippen LogP contribution < -0.4 is 5.32 Å². The molecular weight excluding hydrogens is 168 g/mol. The van der Waals surface area contributed by atoms with E-state index in [-0.39, 0.29) is 6.61 Å². The van der Waals surface area contributed by atoms with Crippen LogP contribution in [0.4, 0.5) is 0 Å². The molecule has 0 aromatic carbocycles. The smallest absolute Gasteiger partial charge is 0.309 e. The van der Waals surface area contributed by atoms with Crippen LogP contribution in [0.15, 0.2) is 0 Å². The summed E-state index contributed by atoms with van der Waals surface area (Å²) in [5.74, 6) is 0. The molecule has 0 bridgehead atoms. The fraction of sp³-hybridized carbons (Fsp3) is 0.889. The Morgan fingerprint density at radius 1 is 1.46 bits per heavy atom. The van der Waals surface area contributed by atoms with Crippen LogP contribution in [-0.4, -0.2) is 48.7 Å². The standard InChI is InChI=1S/C9H17N2O2/c12-7-1-4-11-5-2-9(3-6-11)10-8-13/h9,12H,1-7H2,(H,10,13). The van der Waals surface area contributed by atoms with E-state index in [1.54, 1.807) is 6.41 Å². The van der Waals surface area contributed by atoms with E-state index < -0.39 is 0 Å². The molecule has 0 aromatic heterocycles. The van der Waals surface area contributed by atoms with Crippen molar-refractivity contribution in [2.45, 2.75) is 25.3 Å². The Kier molecular flexibility index (Phi) is 4.78. The van der Waals surface area contributed by atoms with Gasteiger partial charge in [0.2, 0.25) is 0 Å². The lowest BCUT2D eigenvalue weighted by Gasteiger charge is -2.31. The first-order valence-corrected chi connectivity index (χ1v) is 4.82. The molecule has 75 valence electrons. The minimum absolute atomic E-state index is 0.264. The molecule has 1 saturated heterocycles. The summed E-state index contributed by atoms with van der Waals surface area (Å²) in [6, 6.07) is 0.308. The van der Waals surface area contributed by atoms with Crippen molar-refractivity contribution in [1.82, 2.24) is 10.2 Å². The highest BCUT2D eigenvalue weighted by Crippen LogP contribution is 2.09. The number of aliphatic hydroxyl groups is 1. The zero-order chi connectivity index (χ0) is 9.52. The van der Waals surface area contributed by atoms with Gasteiger partial charge < -0.3 is 15.3 Å². The maximum absolute atomic E-state index is 10.0. The molecule has 0 saturated carbocycles. The normalized spacial score (nSPS) is 20.1. The third-order valence-corrected chi connectivity index (χ3v) is 2.48. The average Bonchev–Trinajstić information content (AvgIpc) is 2.17. The Labute approximate surface area is 78.9 Å². The summed E-state index contributed by atoms with van der Waals surface area (Å²) in [5, 5.41) is 11.3. The molecule has 2 N–H and O–H groups in total. The number of nitrogens with zero attached hydrogens (tertiary/aromatic N) is 1. The van der Waals surface area contributed by atoms with E-state index in [1.165, 1.54) is 0 Å². The second kappa shape index (κ2) is 5.94. The first-order valence-electron chi connectivity index (χ1n) is 4.82. The maximum Gasteiger partial charge on any atom is 0.309 e. The molecule has 1 aliphatic heterocycles. The highest BCUT2D eigenvalue weighted by molar-refractivity contribution is 5.47. The van der Waals surface area contributed by atoms with Crippen LogP contribution >= 0.6 is 0 Å². The van der Waals surface area contributed by atoms with Crippen LogP contribution in [0.5, 0.6) is 0 Å². The summed E-state index contributed by atoms with van der Waals surface area (Å²) >= 11 is 0. The molecule has 1 amide bonds. The molecule has 4 nitrogen and oxygen atoms in total. The maximum atomic E-state index is 10.0. The van der Waals surface area contributed by atoms with Crippen molar-refractivity contribution >= 4 is 6.41 Å². The van der Waals surface area contributed by atoms with Crippen LogP contribution in [0.1, 0.15) is 19.3 Å². The third kappa shape index (κ3) is 3.74. The molecular formula is C9H17N2O2. The molecule has 13 heavy (non-hydrogen) atoms. The number of hydrogen-bond donors (Lipinski definition) is 2. The number of aliphatic hydroxyl groups excluding tert-OH is 1. The van der Waals surface area contributed by atoms with Crippen LogP contribution in [0.25, 0.3) is 0 Å². The third-order valence-electron chi connectivity index (χ3n) is 2.48. The zero-order valence-electron chi connectivity index (χ0n) is 7.83. The number of amides is 1. The van der Waals surface area contributed by atoms with Crippen LogP contribution in [0.2, 0.25) is 0 Å². The molecule has 1 heterocycles. The molecule has 0 spiro atoms. The Morgan fingerprint density at radius 2 is 2.15 bits per heavy atom. The number of likely N-dealkylation sites (tertiary alicyclic amines) is 1. The van der Waals surface area contributed by atoms with Gasteiger partial charge in [0.05, 0.1) is 0 Å². The molecule has 1 aliphatic rings. The molecule has 1 rings (SSSR count). The van der Waals surface area contributed by atoms with Crippen LogP contribution in [0, 0.1) is 0 Å². The van der Waals surface area contributed by atoms with E-state index in [1.807, 2.05) is 0 Å². The van der Waals surface area contributed by atoms with Crippen LogP contribution in [-0.2, 0) is 4.79 Å². The lowest BCUT2D eigenvalue weighted by molar-refractivity contribution is 0.183. The minimum atomic E-state index is 0.264. The van der Waals surface area contributed by atoms with E-state index in [0.29, 0.717) is 6.04 Å². The Balaban J connectivity index is 2.11. The molecule has 1 fully saturated rings. The van der Waals surface area contributed by atoms with Gasteiger partial charge in [-0.25, -0.2) is 0 Å². The van der Waals surface area contributed by atoms with E-state index in [4.69, 9.17) is 5.11 Å². The average molecular weight is 185 g/mol. The summed E-state index contributed by atoms with van der Waals surface area (Å²) in [7, 11) is 0. The molecule has 0 aromatic rings. The second-order valence-electron chi connectivity index (χ2n) is 3.44. The van der Waals surface area contributed by atoms with Gasteiger partial charge in [0.1, 0.15) is 0 Å². The van der Waals surface area contributed by atoms with Gasteiger partial charge in [-0.1, -0.05) is 0 Å². The van der Waals surface area contributed by atoms with E-state index >= 15 is 0 Å². The molecule has 1 radical (unpaired) electrons. The Hall–Kier alpha value is -0.610. The van der Waals surface area contributed by atoms with Gasteiger partial charge in [-0.05, 0) is 19.3 Å². The van der Waals surface area contributed by atoms with Gasteiger partial charge in [-0.3, -0.25) is 4.79 Å². The van der Waals surface area contributed by atoms with Crippen molar-refractivity contribution in [1.29, 1.82) is 0 Å². The van der Waals surface area contributed by atoms with E-state index in [0.717, 1.165) is 38.9 Å². The number of nitrogens with one attached hydrogen (secondary N) is 1. The summed E-state index contributed by atoms with van der Waals surface area (Å²) in [4.78, 5) is 12.4. The first-order chi connectivity index (χ1) is 6.36. The van der Waals surface area contributed by atoms with Crippen molar-refractivity contribution in [3.8, 4) is 0 Å². The van der Waals surface area contributed by atoms with Gasteiger partial charge in [0.15, 0.2) is 0 Å². The van der Waals surface area contributed by atoms with E-state index in [9.17, 15) is 4.79 Å². The highest BCUT2D eigenvalue weighted by atomic mass is 16.3. The van der Waals surface area contributed by atoms with Crippen molar-refractivity contribution in [2.75, 3.05) is 26.2 Å². The predicted octanol–water partition coefficient (Wildman–Crippen LogP) is -0.510. The quantitative estimate of drug-likeness (QED) is 0.567. The summed E-state index contributed by atoms with van der Waals surface area (Å²) in [6.45, 7) is 3.26. The van der Waals surface area contributed by atoms with Crippen molar-refractivity contribution in [3.63, 3.8) is 0 Å². The van der Waals surface area contributed by atoms with Crippen molar-refractivity contribution in [3.05, 3.63) is 0 Å². The van der Waals surface area contributed by atoms with Gasteiger partial charge in [0.25, 0.3) is 0 Å². The zero-order valence-corrected chi connectivity index (χ0v) is 7.83. The predicted molar refractivity (Wildman–Crippen MR) is 50.0 cm³/mol. The van der Waals surface area contributed by atoms with Gasteiger partial charge >= 0.3 is 6.41 Å². The second-order valence-corrected chi connectivity index (χ2v) is 3.44. The largest absolute Gasteiger partial charge is 0.396 e. The number of piperidine rings is 1. The Bertz CT molecular complexity index is 145. The molecule has 0 atom stereocenters. The fourth-order valence-electron chi connectivity index (χ4n) is 1.68. The van der Waals surface area contributed by atoms with Gasteiger partial charge in [0, 0.05) is 32.3 Å². The number of hydrogen-bond acceptors (Lipinski definition) is 3. The minimum Gasteiger partial charge on any atom is -0.396 e. The number of carbonyl (C=O) groups excluding carboxylic acids is 1. The first kappa shape index (κ1) is 10.5. The molecule has 4 heteroatoms. The highest BCUT2D eigenvalue weighted by Gasteiger charge is 2.17. The molecule has 0 aliphatic carbocycles. The summed E-state index contributed by atoms with van der Waals surface area (Å²) in [5.41, 5.74) is 0. The van der Waals surface area contributed by atoms with Gasteiger partial charge in [-0.2, -0.15) is 0 Å². The van der Waals surface area contributed by atoms with E-state index in [2.05, 4.69) is 10.2 Å². The Morgan fingerprint density at radius 3 is 2.69 bits per heavy atom. The SMILES string of the molecule is O=[C]NC1CCN(CCCO)CC1. The number of rotatable bonds is 5. The topological polar surface area (TPSA) is 52.6 Å². The van der Waals surface area contributed by atoms with Crippen molar-refractivity contribution < 1.29 is 9.90 Å². The van der Waals surface area contributed by atoms with Crippen LogP contribution in [0.3, 0.4) is 0 Å². The molecule has 0 unspecified atom stereocenters. The monoisotopic (exact) mass is 185 g/mol. The lowest BCUT2D eigenvalue weighted by atomic mass is 10.1. The van der Waals surface area contributed by atoms with Crippen molar-refractivity contribution in [2.24, 2.45) is 0 Å².